The molecule has 2 N–H and O–H groups in total. The van der Waals surface area contributed by atoms with Crippen molar-refractivity contribution in [3.63, 3.8) is 0 Å². The molecule has 0 bridgehead atoms. The standard InChI is InChI=1S/C6H13NO.ClH/c1-8-5-6(4-7)2-3-6;/h2-5,7H2,1H3;1H. The van der Waals surface area contributed by atoms with Crippen molar-refractivity contribution in [3.8, 4) is 0 Å². The number of methoxy groups -OCH3 is 1. The van der Waals surface area contributed by atoms with Crippen LogP contribution in [0.5, 0.6) is 0 Å². The summed E-state index contributed by atoms with van der Waals surface area (Å²) in [7, 11) is 1.73. The lowest BCUT2D eigenvalue weighted by Gasteiger charge is -2.08. The molecule has 9 heavy (non-hydrogen) atoms. The average molecular weight is 152 g/mol. The van der Waals surface area contributed by atoms with E-state index in [2.05, 4.69) is 0 Å². The van der Waals surface area contributed by atoms with E-state index in [-0.39, 0.29) is 12.4 Å². The number of hydrogen-bond donors (Lipinski definition) is 1. The Morgan fingerprint density at radius 3 is 2.22 bits per heavy atom. The van der Waals surface area contributed by atoms with E-state index in [1.165, 1.54) is 12.8 Å². The quantitative estimate of drug-likeness (QED) is 0.648. The molecular formula is C6H14ClNO. The van der Waals surface area contributed by atoms with Gasteiger partial charge in [-0.05, 0) is 12.8 Å². The molecule has 1 saturated carbocycles. The summed E-state index contributed by atoms with van der Waals surface area (Å²) in [5.41, 5.74) is 5.87. The third-order valence-electron chi connectivity index (χ3n) is 1.84. The molecule has 0 saturated heterocycles. The molecule has 0 radical (unpaired) electrons. The van der Waals surface area contributed by atoms with Crippen molar-refractivity contribution in [1.82, 2.24) is 0 Å². The van der Waals surface area contributed by atoms with Crippen LogP contribution < -0.4 is 5.73 Å². The maximum atomic E-state index is 5.47. The maximum Gasteiger partial charge on any atom is 0.0530 e. The molecule has 0 spiro atoms. The fourth-order valence-corrected chi connectivity index (χ4v) is 0.890. The fourth-order valence-electron chi connectivity index (χ4n) is 0.890. The molecule has 0 aromatic carbocycles. The Morgan fingerprint density at radius 2 is 2.11 bits per heavy atom. The minimum atomic E-state index is 0. The molecule has 0 heterocycles. The molecular weight excluding hydrogens is 138 g/mol. The first kappa shape index (κ1) is 9.21. The summed E-state index contributed by atoms with van der Waals surface area (Å²) in [5.74, 6) is 0. The van der Waals surface area contributed by atoms with Gasteiger partial charge in [-0.25, -0.2) is 0 Å². The second kappa shape index (κ2) is 3.40. The summed E-state index contributed by atoms with van der Waals surface area (Å²) in [6, 6.07) is 0. The van der Waals surface area contributed by atoms with Crippen LogP contribution in [-0.2, 0) is 4.74 Å². The SMILES string of the molecule is COCC1(CN)CC1.Cl. The zero-order valence-corrected chi connectivity index (χ0v) is 6.54. The van der Waals surface area contributed by atoms with Crippen molar-refractivity contribution >= 4 is 12.4 Å². The first-order chi connectivity index (χ1) is 3.83. The van der Waals surface area contributed by atoms with Gasteiger partial charge < -0.3 is 10.5 Å². The third-order valence-corrected chi connectivity index (χ3v) is 1.84. The number of hydrogen-bond acceptors (Lipinski definition) is 2. The van der Waals surface area contributed by atoms with Crippen LogP contribution in [0.3, 0.4) is 0 Å². The van der Waals surface area contributed by atoms with E-state index in [1.807, 2.05) is 0 Å². The lowest BCUT2D eigenvalue weighted by atomic mass is 10.1. The van der Waals surface area contributed by atoms with Crippen LogP contribution in [0.15, 0.2) is 0 Å². The molecule has 0 aromatic heterocycles. The molecule has 0 atom stereocenters. The van der Waals surface area contributed by atoms with Gasteiger partial charge in [0, 0.05) is 19.1 Å². The van der Waals surface area contributed by atoms with Crippen molar-refractivity contribution in [2.45, 2.75) is 12.8 Å². The highest BCUT2D eigenvalue weighted by Gasteiger charge is 2.40. The van der Waals surface area contributed by atoms with Crippen LogP contribution in [0, 0.1) is 5.41 Å². The normalized spacial score (nSPS) is 20.7. The van der Waals surface area contributed by atoms with Gasteiger partial charge in [0.05, 0.1) is 6.61 Å². The molecule has 56 valence electrons. The van der Waals surface area contributed by atoms with Gasteiger partial charge in [-0.3, -0.25) is 0 Å². The van der Waals surface area contributed by atoms with Crippen LogP contribution >= 0.6 is 12.4 Å². The maximum absolute atomic E-state index is 5.47. The first-order valence-electron chi connectivity index (χ1n) is 3.02. The lowest BCUT2D eigenvalue weighted by molar-refractivity contribution is 0.145. The molecule has 1 aliphatic carbocycles. The Labute approximate surface area is 62.2 Å². The molecule has 3 heteroatoms. The van der Waals surface area contributed by atoms with E-state index in [0.29, 0.717) is 5.41 Å². The Bertz CT molecular complexity index is 83.1. The van der Waals surface area contributed by atoms with Gasteiger partial charge in [-0.15, -0.1) is 12.4 Å². The Hall–Kier alpha value is 0.210. The van der Waals surface area contributed by atoms with Crippen LogP contribution in [0.4, 0.5) is 0 Å². The smallest absolute Gasteiger partial charge is 0.0530 e. The summed E-state index contributed by atoms with van der Waals surface area (Å²) >= 11 is 0. The van der Waals surface area contributed by atoms with Crippen molar-refractivity contribution in [2.75, 3.05) is 20.3 Å². The van der Waals surface area contributed by atoms with Crippen LogP contribution in [0.2, 0.25) is 0 Å². The predicted octanol–water partition coefficient (Wildman–Crippen LogP) is 0.793. The summed E-state index contributed by atoms with van der Waals surface area (Å²) in [6.07, 6.45) is 2.52. The molecule has 0 amide bonds. The first-order valence-corrected chi connectivity index (χ1v) is 3.02. The van der Waals surface area contributed by atoms with Gasteiger partial charge in [-0.2, -0.15) is 0 Å². The molecule has 2 nitrogen and oxygen atoms in total. The predicted molar refractivity (Wildman–Crippen MR) is 39.8 cm³/mol. The van der Waals surface area contributed by atoms with Crippen molar-refractivity contribution in [2.24, 2.45) is 11.1 Å². The summed E-state index contributed by atoms with van der Waals surface area (Å²) in [4.78, 5) is 0. The van der Waals surface area contributed by atoms with E-state index < -0.39 is 0 Å². The summed E-state index contributed by atoms with van der Waals surface area (Å²) in [5, 5.41) is 0. The minimum Gasteiger partial charge on any atom is -0.384 e. The van der Waals surface area contributed by atoms with Crippen molar-refractivity contribution < 1.29 is 4.74 Å². The van der Waals surface area contributed by atoms with Crippen molar-refractivity contribution in [1.29, 1.82) is 0 Å². The second-order valence-corrected chi connectivity index (χ2v) is 2.64. The zero-order chi connectivity index (χ0) is 6.04. The highest BCUT2D eigenvalue weighted by atomic mass is 35.5. The highest BCUT2D eigenvalue weighted by molar-refractivity contribution is 5.85. The molecule has 0 aliphatic heterocycles. The number of ether oxygens (including phenoxy) is 1. The summed E-state index contributed by atoms with van der Waals surface area (Å²) < 4.78 is 4.98. The van der Waals surface area contributed by atoms with Crippen LogP contribution in [0.25, 0.3) is 0 Å². The number of halogens is 1. The number of nitrogens with two attached hydrogens (primary N) is 1. The second-order valence-electron chi connectivity index (χ2n) is 2.64. The molecule has 0 unspecified atom stereocenters. The third kappa shape index (κ3) is 2.12. The van der Waals surface area contributed by atoms with Gasteiger partial charge in [0.25, 0.3) is 0 Å². The highest BCUT2D eigenvalue weighted by Crippen LogP contribution is 2.44. The average Bonchev–Trinajstić information content (AvgIpc) is 2.50. The van der Waals surface area contributed by atoms with Crippen molar-refractivity contribution in [3.05, 3.63) is 0 Å². The van der Waals surface area contributed by atoms with E-state index in [1.54, 1.807) is 7.11 Å². The zero-order valence-electron chi connectivity index (χ0n) is 5.72. The Morgan fingerprint density at radius 1 is 1.56 bits per heavy atom. The van der Waals surface area contributed by atoms with Gasteiger partial charge in [0.2, 0.25) is 0 Å². The van der Waals surface area contributed by atoms with Gasteiger partial charge in [-0.1, -0.05) is 0 Å². The number of rotatable bonds is 3. The topological polar surface area (TPSA) is 35.2 Å². The molecule has 1 fully saturated rings. The Kier molecular flexibility index (Phi) is 3.48. The fraction of sp³-hybridized carbons (Fsp3) is 1.00. The molecule has 0 aromatic rings. The van der Waals surface area contributed by atoms with E-state index in [9.17, 15) is 0 Å². The van der Waals surface area contributed by atoms with Gasteiger partial charge in [0.15, 0.2) is 0 Å². The minimum absolute atomic E-state index is 0. The molecule has 1 aliphatic rings. The summed E-state index contributed by atoms with van der Waals surface area (Å²) in [6.45, 7) is 1.64. The van der Waals surface area contributed by atoms with Crippen LogP contribution in [-0.4, -0.2) is 20.3 Å². The lowest BCUT2D eigenvalue weighted by Crippen LogP contribution is -2.20. The monoisotopic (exact) mass is 151 g/mol. The van der Waals surface area contributed by atoms with E-state index >= 15 is 0 Å². The van der Waals surface area contributed by atoms with E-state index in [0.717, 1.165) is 13.2 Å². The van der Waals surface area contributed by atoms with E-state index in [4.69, 9.17) is 10.5 Å². The largest absolute Gasteiger partial charge is 0.384 e. The van der Waals surface area contributed by atoms with Gasteiger partial charge in [0.1, 0.15) is 0 Å². The molecule has 1 rings (SSSR count). The Balaban J connectivity index is 0.000000640. The van der Waals surface area contributed by atoms with Crippen LogP contribution in [0.1, 0.15) is 12.8 Å². The van der Waals surface area contributed by atoms with Gasteiger partial charge >= 0.3 is 0 Å².